The summed E-state index contributed by atoms with van der Waals surface area (Å²) in [4.78, 5) is 5.61. The molecule has 0 aliphatic rings. The molecular formula is C13H18N2O2S. The number of nitrogens with zero attached hydrogens (tertiary/aromatic N) is 2. The first kappa shape index (κ1) is 13.2. The first-order valence-electron chi connectivity index (χ1n) is 6.11. The molecule has 2 aromatic heterocycles. The van der Waals surface area contributed by atoms with Crippen molar-refractivity contribution in [1.82, 2.24) is 10.1 Å². The molecule has 0 radical (unpaired) electrons. The highest BCUT2D eigenvalue weighted by atomic mass is 32.1. The number of aliphatic hydroxyl groups is 1. The highest BCUT2D eigenvalue weighted by Crippen LogP contribution is 2.27. The molecule has 0 saturated heterocycles. The molecule has 2 rings (SSSR count). The number of hydrogen-bond acceptors (Lipinski definition) is 5. The molecule has 0 saturated carbocycles. The van der Waals surface area contributed by atoms with E-state index in [9.17, 15) is 5.11 Å². The molecule has 0 fully saturated rings. The zero-order valence-electron chi connectivity index (χ0n) is 10.8. The molecule has 0 bridgehead atoms. The Morgan fingerprint density at radius 1 is 1.39 bits per heavy atom. The molecule has 2 atom stereocenters. The summed E-state index contributed by atoms with van der Waals surface area (Å²) in [6.07, 6.45) is 0.200. The number of rotatable bonds is 5. The van der Waals surface area contributed by atoms with Gasteiger partial charge in [0.1, 0.15) is 0 Å². The quantitative estimate of drug-likeness (QED) is 0.904. The van der Waals surface area contributed by atoms with Crippen molar-refractivity contribution >= 4 is 11.3 Å². The van der Waals surface area contributed by atoms with Gasteiger partial charge in [-0.3, -0.25) is 0 Å². The van der Waals surface area contributed by atoms with Crippen LogP contribution in [0.3, 0.4) is 0 Å². The topological polar surface area (TPSA) is 59.2 Å². The molecule has 4 nitrogen and oxygen atoms in total. The molecular weight excluding hydrogens is 248 g/mol. The van der Waals surface area contributed by atoms with Gasteiger partial charge in [0.15, 0.2) is 5.82 Å². The van der Waals surface area contributed by atoms with Crippen molar-refractivity contribution in [1.29, 1.82) is 0 Å². The van der Waals surface area contributed by atoms with Gasteiger partial charge >= 0.3 is 0 Å². The van der Waals surface area contributed by atoms with Gasteiger partial charge in [-0.25, -0.2) is 0 Å². The standard InChI is InChI=1S/C13H18N2O2S/c1-8(2)12(9(3)16)13-14-11(15-17-13)7-10-5-4-6-18-10/h4-6,8-9,12,16H,7H2,1-3H3. The van der Waals surface area contributed by atoms with Gasteiger partial charge in [0, 0.05) is 11.3 Å². The summed E-state index contributed by atoms with van der Waals surface area (Å²) in [7, 11) is 0. The Kier molecular flexibility index (Phi) is 4.14. The second-order valence-corrected chi connectivity index (χ2v) is 5.85. The molecule has 18 heavy (non-hydrogen) atoms. The zero-order valence-corrected chi connectivity index (χ0v) is 11.6. The SMILES string of the molecule is CC(C)C(c1nc(Cc2cccs2)no1)C(C)O. The van der Waals surface area contributed by atoms with Crippen LogP contribution < -0.4 is 0 Å². The molecule has 2 aromatic rings. The summed E-state index contributed by atoms with van der Waals surface area (Å²) in [6.45, 7) is 5.84. The van der Waals surface area contributed by atoms with E-state index < -0.39 is 6.10 Å². The normalized spacial score (nSPS) is 14.9. The van der Waals surface area contributed by atoms with Crippen LogP contribution in [-0.4, -0.2) is 21.4 Å². The Labute approximate surface area is 111 Å². The third-order valence-electron chi connectivity index (χ3n) is 2.92. The first-order chi connectivity index (χ1) is 8.58. The molecule has 0 spiro atoms. The van der Waals surface area contributed by atoms with E-state index in [1.54, 1.807) is 18.3 Å². The van der Waals surface area contributed by atoms with Gasteiger partial charge in [0.2, 0.25) is 5.89 Å². The summed E-state index contributed by atoms with van der Waals surface area (Å²) in [5.41, 5.74) is 0. The summed E-state index contributed by atoms with van der Waals surface area (Å²) >= 11 is 1.68. The molecule has 2 heterocycles. The molecule has 0 amide bonds. The van der Waals surface area contributed by atoms with E-state index in [4.69, 9.17) is 4.52 Å². The van der Waals surface area contributed by atoms with Gasteiger partial charge in [-0.05, 0) is 24.3 Å². The van der Waals surface area contributed by atoms with Crippen molar-refractivity contribution in [2.45, 2.75) is 39.2 Å². The largest absolute Gasteiger partial charge is 0.393 e. The number of hydrogen-bond donors (Lipinski definition) is 1. The molecule has 0 aliphatic carbocycles. The van der Waals surface area contributed by atoms with Gasteiger partial charge in [0.25, 0.3) is 0 Å². The fourth-order valence-electron chi connectivity index (χ4n) is 2.09. The maximum atomic E-state index is 9.78. The van der Waals surface area contributed by atoms with E-state index in [0.29, 0.717) is 18.1 Å². The van der Waals surface area contributed by atoms with E-state index in [-0.39, 0.29) is 11.8 Å². The smallest absolute Gasteiger partial charge is 0.232 e. The minimum Gasteiger partial charge on any atom is -0.393 e. The summed E-state index contributed by atoms with van der Waals surface area (Å²) in [5.74, 6) is 1.37. The minimum absolute atomic E-state index is 0.102. The van der Waals surface area contributed by atoms with Gasteiger partial charge in [-0.15, -0.1) is 11.3 Å². The average molecular weight is 266 g/mol. The van der Waals surface area contributed by atoms with Gasteiger partial charge in [0.05, 0.1) is 12.0 Å². The van der Waals surface area contributed by atoms with Crippen LogP contribution >= 0.6 is 11.3 Å². The number of aliphatic hydroxyl groups excluding tert-OH is 1. The number of aromatic nitrogens is 2. The van der Waals surface area contributed by atoms with Crippen LogP contribution in [0.5, 0.6) is 0 Å². The van der Waals surface area contributed by atoms with E-state index in [1.807, 2.05) is 25.3 Å². The van der Waals surface area contributed by atoms with Crippen molar-refractivity contribution in [3.8, 4) is 0 Å². The molecule has 2 unspecified atom stereocenters. The number of thiophene rings is 1. The molecule has 0 aliphatic heterocycles. The lowest BCUT2D eigenvalue weighted by molar-refractivity contribution is 0.120. The second kappa shape index (κ2) is 5.63. The van der Waals surface area contributed by atoms with Crippen LogP contribution in [-0.2, 0) is 6.42 Å². The maximum Gasteiger partial charge on any atom is 0.232 e. The lowest BCUT2D eigenvalue weighted by atomic mass is 9.91. The zero-order chi connectivity index (χ0) is 13.1. The van der Waals surface area contributed by atoms with Crippen LogP contribution in [0.1, 0.15) is 43.3 Å². The van der Waals surface area contributed by atoms with Gasteiger partial charge < -0.3 is 9.63 Å². The van der Waals surface area contributed by atoms with Crippen LogP contribution in [0.2, 0.25) is 0 Å². The highest BCUT2D eigenvalue weighted by molar-refractivity contribution is 7.09. The summed E-state index contributed by atoms with van der Waals surface area (Å²) < 4.78 is 5.28. The Hall–Kier alpha value is -1.20. The maximum absolute atomic E-state index is 9.78. The monoisotopic (exact) mass is 266 g/mol. The van der Waals surface area contributed by atoms with E-state index in [0.717, 1.165) is 0 Å². The molecule has 5 heteroatoms. The lowest BCUT2D eigenvalue weighted by Gasteiger charge is -2.19. The van der Waals surface area contributed by atoms with Crippen LogP contribution in [0.15, 0.2) is 22.0 Å². The molecule has 1 N–H and O–H groups in total. The van der Waals surface area contributed by atoms with Crippen LogP contribution in [0.4, 0.5) is 0 Å². The first-order valence-corrected chi connectivity index (χ1v) is 6.99. The van der Waals surface area contributed by atoms with Crippen molar-refractivity contribution in [2.24, 2.45) is 5.92 Å². The van der Waals surface area contributed by atoms with Crippen molar-refractivity contribution in [3.63, 3.8) is 0 Å². The minimum atomic E-state index is -0.486. The lowest BCUT2D eigenvalue weighted by Crippen LogP contribution is -2.20. The predicted octanol–water partition coefficient (Wildman–Crippen LogP) is 2.84. The Morgan fingerprint density at radius 2 is 2.17 bits per heavy atom. The average Bonchev–Trinajstić information content (AvgIpc) is 2.90. The fraction of sp³-hybridized carbons (Fsp3) is 0.538. The molecule has 98 valence electrons. The van der Waals surface area contributed by atoms with Crippen LogP contribution in [0, 0.1) is 5.92 Å². The van der Waals surface area contributed by atoms with E-state index >= 15 is 0 Å². The fourth-order valence-corrected chi connectivity index (χ4v) is 2.79. The van der Waals surface area contributed by atoms with Crippen molar-refractivity contribution < 1.29 is 9.63 Å². The van der Waals surface area contributed by atoms with Crippen LogP contribution in [0.25, 0.3) is 0 Å². The van der Waals surface area contributed by atoms with E-state index in [2.05, 4.69) is 16.2 Å². The Balaban J connectivity index is 2.14. The second-order valence-electron chi connectivity index (χ2n) is 4.82. The third-order valence-corrected chi connectivity index (χ3v) is 3.80. The van der Waals surface area contributed by atoms with E-state index in [1.165, 1.54) is 4.88 Å². The summed E-state index contributed by atoms with van der Waals surface area (Å²) in [5, 5.41) is 15.8. The van der Waals surface area contributed by atoms with Gasteiger partial charge in [-0.1, -0.05) is 25.1 Å². The van der Waals surface area contributed by atoms with Crippen molar-refractivity contribution in [3.05, 3.63) is 34.1 Å². The third kappa shape index (κ3) is 2.97. The van der Waals surface area contributed by atoms with Crippen molar-refractivity contribution in [2.75, 3.05) is 0 Å². The Morgan fingerprint density at radius 3 is 2.72 bits per heavy atom. The summed E-state index contributed by atoms with van der Waals surface area (Å²) in [6, 6.07) is 4.06. The van der Waals surface area contributed by atoms with Gasteiger partial charge in [-0.2, -0.15) is 4.98 Å². The highest BCUT2D eigenvalue weighted by Gasteiger charge is 2.27. The predicted molar refractivity (Wildman–Crippen MR) is 70.7 cm³/mol. The Bertz CT molecular complexity index is 469. The molecule has 0 aromatic carbocycles.